The summed E-state index contributed by atoms with van der Waals surface area (Å²) in [5.74, 6) is -1.54. The summed E-state index contributed by atoms with van der Waals surface area (Å²) in [6.07, 6.45) is 11.0. The molecule has 5 amide bonds. The molecule has 2 aromatic carbocycles. The lowest BCUT2D eigenvalue weighted by molar-refractivity contribution is -0.142. The van der Waals surface area contributed by atoms with Crippen LogP contribution in [0.15, 0.2) is 55.1 Å². The number of carbonyl (C=O) groups is 4. The third kappa shape index (κ3) is 8.16. The van der Waals surface area contributed by atoms with Gasteiger partial charge in [0, 0.05) is 47.7 Å². The first-order valence-electron chi connectivity index (χ1n) is 21.2. The normalized spacial score (nSPS) is 28.0. The number of methoxy groups -OCH3 is 1. The summed E-state index contributed by atoms with van der Waals surface area (Å²) in [7, 11) is -0.556. The van der Waals surface area contributed by atoms with Crippen LogP contribution in [-0.4, -0.2) is 103 Å². The molecule has 1 saturated heterocycles. The van der Waals surface area contributed by atoms with Gasteiger partial charge in [-0.2, -0.15) is 0 Å². The van der Waals surface area contributed by atoms with E-state index in [1.54, 1.807) is 19.1 Å². The fraction of sp³-hybridized carbons (Fsp3) is 0.533. The highest BCUT2D eigenvalue weighted by molar-refractivity contribution is 7.91. The largest absolute Gasteiger partial charge is 0.496 e. The van der Waals surface area contributed by atoms with Crippen LogP contribution in [0.3, 0.4) is 0 Å². The highest BCUT2D eigenvalue weighted by atomic mass is 32.2. The maximum Gasteiger partial charge on any atom is 0.317 e. The highest BCUT2D eigenvalue weighted by Crippen LogP contribution is 2.46. The maximum atomic E-state index is 15.1. The molecule has 4 bridgehead atoms. The Balaban J connectivity index is 1.21. The van der Waals surface area contributed by atoms with E-state index in [0.717, 1.165) is 53.8 Å². The van der Waals surface area contributed by atoms with Gasteiger partial charge in [0.2, 0.25) is 27.7 Å². The van der Waals surface area contributed by atoms with Crippen LogP contribution in [0, 0.1) is 17.3 Å². The Hall–Kier alpha value is -5.18. The molecule has 4 fully saturated rings. The van der Waals surface area contributed by atoms with Crippen molar-refractivity contribution in [1.29, 1.82) is 0 Å². The van der Waals surface area contributed by atoms with Crippen molar-refractivity contribution >= 4 is 61.5 Å². The number of aromatic nitrogens is 1. The van der Waals surface area contributed by atoms with E-state index in [1.165, 1.54) is 11.0 Å². The smallest absolute Gasteiger partial charge is 0.317 e. The van der Waals surface area contributed by atoms with E-state index in [2.05, 4.69) is 41.9 Å². The summed E-state index contributed by atoms with van der Waals surface area (Å²) >= 11 is 0. The summed E-state index contributed by atoms with van der Waals surface area (Å²) < 4.78 is 40.6. The van der Waals surface area contributed by atoms with Crippen molar-refractivity contribution in [2.75, 3.05) is 27.2 Å². The number of hydrogen-bond donors (Lipinski definition) is 3. The van der Waals surface area contributed by atoms with E-state index in [0.29, 0.717) is 43.0 Å². The number of para-hydroxylation sites is 1. The van der Waals surface area contributed by atoms with Crippen molar-refractivity contribution in [2.45, 2.75) is 107 Å². The molecule has 3 saturated carbocycles. The number of pyridine rings is 1. The van der Waals surface area contributed by atoms with Gasteiger partial charge in [0.15, 0.2) is 0 Å². The first-order valence-corrected chi connectivity index (χ1v) is 22.7. The highest BCUT2D eigenvalue weighted by Gasteiger charge is 2.62. The lowest BCUT2D eigenvalue weighted by atomic mass is 9.83. The first-order chi connectivity index (χ1) is 28.6. The summed E-state index contributed by atoms with van der Waals surface area (Å²) in [5, 5.41) is 7.83. The molecular formula is C45H56N6O8S. The van der Waals surface area contributed by atoms with Crippen LogP contribution in [0.4, 0.5) is 4.79 Å². The molecule has 3 heterocycles. The average Bonchev–Trinajstić information content (AvgIpc) is 4.16. The minimum atomic E-state index is -3.91. The predicted molar refractivity (Wildman–Crippen MR) is 229 cm³/mol. The fourth-order valence-electron chi connectivity index (χ4n) is 9.47. The summed E-state index contributed by atoms with van der Waals surface area (Å²) in [4.78, 5) is 65.6. The van der Waals surface area contributed by atoms with E-state index in [4.69, 9.17) is 14.5 Å². The number of nitrogens with zero attached hydrogens (tertiary/aromatic N) is 3. The number of amides is 5. The van der Waals surface area contributed by atoms with Gasteiger partial charge in [-0.25, -0.2) is 18.2 Å². The van der Waals surface area contributed by atoms with Gasteiger partial charge in [-0.3, -0.25) is 19.1 Å². The number of nitrogens with one attached hydrogen (secondary N) is 3. The molecule has 15 heteroatoms. The lowest BCUT2D eigenvalue weighted by Crippen LogP contribution is -2.60. The molecule has 5 atom stereocenters. The van der Waals surface area contributed by atoms with Crippen LogP contribution in [0.2, 0.25) is 0 Å². The summed E-state index contributed by atoms with van der Waals surface area (Å²) in [6, 6.07) is 9.27. The molecule has 320 valence electrons. The minimum absolute atomic E-state index is 0.00205. The van der Waals surface area contributed by atoms with Crippen molar-refractivity contribution < 1.29 is 37.1 Å². The number of fused-ring (bicyclic) bond motifs is 5. The third-order valence-corrected chi connectivity index (χ3v) is 14.9. The molecule has 14 nitrogen and oxygen atoms in total. The Morgan fingerprint density at radius 2 is 1.80 bits per heavy atom. The molecular weight excluding hydrogens is 785 g/mol. The predicted octanol–water partition coefficient (Wildman–Crippen LogP) is 5.45. The van der Waals surface area contributed by atoms with E-state index >= 15 is 4.79 Å². The second kappa shape index (κ2) is 16.0. The molecule has 3 aliphatic carbocycles. The van der Waals surface area contributed by atoms with Gasteiger partial charge in [-0.1, -0.05) is 69.5 Å². The number of urea groups is 1. The van der Waals surface area contributed by atoms with E-state index in [1.807, 2.05) is 42.5 Å². The molecule has 0 spiro atoms. The van der Waals surface area contributed by atoms with Crippen molar-refractivity contribution in [3.63, 3.8) is 0 Å². The molecule has 2 aliphatic heterocycles. The molecule has 0 unspecified atom stereocenters. The van der Waals surface area contributed by atoms with Crippen LogP contribution < -0.4 is 24.8 Å². The summed E-state index contributed by atoms with van der Waals surface area (Å²) in [6.45, 7) is 8.40. The molecule has 0 radical (unpaired) electrons. The SMILES string of the molecule is C=C[C@@H]1C[C@]1(NC(=O)[C@@H]1C[C@@H]2CN1C(=O)[C@H](C1CCCCC1)NC(=O)N(C)CC(C)(C)C/C=C/c1cc3c(nc4ccccc4c3cc1OC)O2)C(=O)NS(=O)(=O)C1CC1. The molecule has 3 aromatic rings. The van der Waals surface area contributed by atoms with Crippen molar-refractivity contribution in [3.05, 3.63) is 60.7 Å². The summed E-state index contributed by atoms with van der Waals surface area (Å²) in [5.41, 5.74) is -0.394. The number of sulfonamides is 1. The van der Waals surface area contributed by atoms with Crippen LogP contribution in [-0.2, 0) is 24.4 Å². The quantitative estimate of drug-likeness (QED) is 0.197. The number of rotatable bonds is 8. The van der Waals surface area contributed by atoms with Crippen LogP contribution in [0.25, 0.3) is 27.8 Å². The van der Waals surface area contributed by atoms with Gasteiger partial charge >= 0.3 is 6.03 Å². The molecule has 8 rings (SSSR count). The monoisotopic (exact) mass is 840 g/mol. The van der Waals surface area contributed by atoms with Gasteiger partial charge in [0.1, 0.15) is 29.5 Å². The second-order valence-corrected chi connectivity index (χ2v) is 20.2. The Bertz CT molecular complexity index is 2370. The number of allylic oxidation sites excluding steroid dienone is 1. The Labute approximate surface area is 351 Å². The maximum absolute atomic E-state index is 15.1. The first kappa shape index (κ1) is 41.5. The van der Waals surface area contributed by atoms with Crippen molar-refractivity contribution in [2.24, 2.45) is 17.3 Å². The number of carbonyl (C=O) groups excluding carboxylic acids is 4. The Kier molecular flexibility index (Phi) is 11.1. The zero-order valence-electron chi connectivity index (χ0n) is 34.9. The number of benzene rings is 2. The van der Waals surface area contributed by atoms with Crippen LogP contribution in [0.5, 0.6) is 11.6 Å². The van der Waals surface area contributed by atoms with E-state index in [-0.39, 0.29) is 36.8 Å². The third-order valence-electron chi connectivity index (χ3n) is 13.0. The van der Waals surface area contributed by atoms with Crippen LogP contribution in [0.1, 0.15) is 83.6 Å². The van der Waals surface area contributed by atoms with Crippen molar-refractivity contribution in [3.8, 4) is 11.6 Å². The Morgan fingerprint density at radius 3 is 2.50 bits per heavy atom. The minimum Gasteiger partial charge on any atom is -0.496 e. The van der Waals surface area contributed by atoms with E-state index < -0.39 is 62.6 Å². The van der Waals surface area contributed by atoms with Gasteiger partial charge in [-0.15, -0.1) is 6.58 Å². The van der Waals surface area contributed by atoms with Gasteiger partial charge in [-0.05, 0) is 68.1 Å². The zero-order valence-corrected chi connectivity index (χ0v) is 35.7. The van der Waals surface area contributed by atoms with Crippen LogP contribution >= 0.6 is 0 Å². The van der Waals surface area contributed by atoms with Gasteiger partial charge < -0.3 is 29.9 Å². The topological polar surface area (TPSA) is 176 Å². The number of hydrogen-bond acceptors (Lipinski definition) is 9. The number of ether oxygens (including phenoxy) is 2. The second-order valence-electron chi connectivity index (χ2n) is 18.2. The molecule has 60 heavy (non-hydrogen) atoms. The van der Waals surface area contributed by atoms with Gasteiger partial charge in [0.25, 0.3) is 5.91 Å². The Morgan fingerprint density at radius 1 is 1.05 bits per heavy atom. The standard InChI is InChI=1S/C45H56N6O8S/c1-6-29-24-45(29,42(54)49-60(56,57)31-18-19-31)48-39(52)36-22-30-25-51(36)41(53)38(27-13-8-7-9-14-27)47-43(55)50(4)26-44(2,3)20-12-15-28-21-34-33(23-37(28)58-5)32-16-10-11-17-35(32)46-40(34)59-30/h6,10-12,15-17,21,23,27,29-31,36,38H,1,7-9,13-14,18-20,22,24-26H2,2-5H3,(H,47,55)(H,48,52)(H,49,54)/b15-12+/t29-,30-,36+,38+,45-/m1/s1. The lowest BCUT2D eigenvalue weighted by Gasteiger charge is -2.36. The zero-order chi connectivity index (χ0) is 42.6. The van der Waals surface area contributed by atoms with Gasteiger partial charge in [0.05, 0.1) is 24.4 Å². The molecule has 1 aromatic heterocycles. The fourth-order valence-corrected chi connectivity index (χ4v) is 10.8. The molecule has 5 aliphatic rings. The average molecular weight is 841 g/mol. The van der Waals surface area contributed by atoms with Crippen molar-refractivity contribution in [1.82, 2.24) is 30.1 Å². The molecule has 3 N–H and O–H groups in total. The van der Waals surface area contributed by atoms with E-state index in [9.17, 15) is 22.8 Å².